The van der Waals surface area contributed by atoms with Crippen molar-refractivity contribution >= 4 is 15.7 Å². The summed E-state index contributed by atoms with van der Waals surface area (Å²) in [5, 5.41) is 9.23. The van der Waals surface area contributed by atoms with Crippen LogP contribution in [0.1, 0.15) is 31.9 Å². The molecule has 0 bridgehead atoms. The summed E-state index contributed by atoms with van der Waals surface area (Å²) in [5.74, 6) is -0.826. The molecular formula is C24H28F3N3O4S. The standard InChI is InChI=1S/C24H28F3N3O4S/c1-15(2)13-20(23(29)31)30(12-11-28)22(24(25,26)27)17-7-5-16(6-8-17)19-10-9-18(35(4,32)33)14-21(19)34-3/h5-10,14-15,20,22H,12-13H2,1-4H3,(H2,29,31)/t20-,22-/m0/s1. The van der Waals surface area contributed by atoms with Gasteiger partial charge in [-0.1, -0.05) is 38.1 Å². The second-order valence-electron chi connectivity index (χ2n) is 8.58. The van der Waals surface area contributed by atoms with E-state index in [1.165, 1.54) is 49.6 Å². The molecule has 2 aromatic rings. The number of rotatable bonds is 10. The van der Waals surface area contributed by atoms with E-state index in [1.54, 1.807) is 19.9 Å². The maximum absolute atomic E-state index is 14.3. The Morgan fingerprint density at radius 2 is 1.77 bits per heavy atom. The molecule has 0 saturated heterocycles. The fourth-order valence-electron chi connectivity index (χ4n) is 3.88. The number of nitrogens with two attached hydrogens (primary N) is 1. The van der Waals surface area contributed by atoms with Crippen LogP contribution in [0, 0.1) is 17.2 Å². The zero-order valence-corrected chi connectivity index (χ0v) is 20.7. The van der Waals surface area contributed by atoms with Crippen molar-refractivity contribution in [2.24, 2.45) is 11.7 Å². The third kappa shape index (κ3) is 6.96. The number of ether oxygens (including phenoxy) is 1. The normalized spacial score (nSPS) is 13.9. The number of primary amides is 1. The molecule has 2 N–H and O–H groups in total. The molecule has 11 heteroatoms. The number of carbonyl (C=O) groups is 1. The van der Waals surface area contributed by atoms with Gasteiger partial charge in [-0.15, -0.1) is 0 Å². The quantitative estimate of drug-likeness (QED) is 0.481. The Labute approximate surface area is 203 Å². The Balaban J connectivity index is 2.56. The maximum atomic E-state index is 14.3. The van der Waals surface area contributed by atoms with Crippen molar-refractivity contribution < 1.29 is 31.1 Å². The van der Waals surface area contributed by atoms with Crippen molar-refractivity contribution in [3.8, 4) is 22.9 Å². The van der Waals surface area contributed by atoms with Crippen molar-refractivity contribution in [1.29, 1.82) is 5.26 Å². The molecule has 0 radical (unpaired) electrons. The van der Waals surface area contributed by atoms with Crippen LogP contribution in [0.25, 0.3) is 11.1 Å². The van der Waals surface area contributed by atoms with Gasteiger partial charge in [0.1, 0.15) is 11.8 Å². The van der Waals surface area contributed by atoms with E-state index in [0.717, 1.165) is 11.2 Å². The Morgan fingerprint density at radius 1 is 1.17 bits per heavy atom. The fourth-order valence-corrected chi connectivity index (χ4v) is 4.52. The average molecular weight is 512 g/mol. The lowest BCUT2D eigenvalue weighted by Gasteiger charge is -2.37. The fraction of sp³-hybridized carbons (Fsp3) is 0.417. The van der Waals surface area contributed by atoms with E-state index in [4.69, 9.17) is 10.5 Å². The van der Waals surface area contributed by atoms with Gasteiger partial charge < -0.3 is 10.5 Å². The molecule has 1 amide bonds. The number of amides is 1. The summed E-state index contributed by atoms with van der Waals surface area (Å²) in [6.07, 6.45) is -3.68. The van der Waals surface area contributed by atoms with E-state index < -0.39 is 40.5 Å². The molecule has 2 atom stereocenters. The number of carbonyl (C=O) groups excluding carboxylic acids is 1. The lowest BCUT2D eigenvalue weighted by atomic mass is 9.95. The van der Waals surface area contributed by atoms with Crippen LogP contribution in [-0.4, -0.2) is 51.4 Å². The molecule has 0 saturated carbocycles. The molecule has 35 heavy (non-hydrogen) atoms. The molecule has 0 fully saturated rings. The van der Waals surface area contributed by atoms with Gasteiger partial charge >= 0.3 is 6.18 Å². The number of benzene rings is 2. The highest BCUT2D eigenvalue weighted by Crippen LogP contribution is 2.41. The summed E-state index contributed by atoms with van der Waals surface area (Å²) in [5.41, 5.74) is 6.25. The highest BCUT2D eigenvalue weighted by molar-refractivity contribution is 7.90. The Bertz CT molecular complexity index is 1190. The molecule has 0 aliphatic carbocycles. The number of hydrogen-bond donors (Lipinski definition) is 1. The van der Waals surface area contributed by atoms with Crippen molar-refractivity contribution in [3.05, 3.63) is 48.0 Å². The third-order valence-electron chi connectivity index (χ3n) is 5.46. The lowest BCUT2D eigenvalue weighted by Crippen LogP contribution is -2.51. The van der Waals surface area contributed by atoms with Gasteiger partial charge in [-0.25, -0.2) is 8.42 Å². The van der Waals surface area contributed by atoms with Crippen LogP contribution in [0.5, 0.6) is 5.75 Å². The highest BCUT2D eigenvalue weighted by atomic mass is 32.2. The van der Waals surface area contributed by atoms with Crippen molar-refractivity contribution in [1.82, 2.24) is 4.90 Å². The molecule has 0 aromatic heterocycles. The number of halogens is 3. The van der Waals surface area contributed by atoms with Crippen LogP contribution in [-0.2, 0) is 14.6 Å². The zero-order valence-electron chi connectivity index (χ0n) is 19.8. The number of sulfone groups is 1. The highest BCUT2D eigenvalue weighted by Gasteiger charge is 2.48. The number of alkyl halides is 3. The molecule has 2 rings (SSSR count). The van der Waals surface area contributed by atoms with E-state index in [1.807, 2.05) is 0 Å². The van der Waals surface area contributed by atoms with Gasteiger partial charge in [-0.05, 0) is 41.7 Å². The zero-order chi connectivity index (χ0) is 26.6. The first kappa shape index (κ1) is 28.1. The van der Waals surface area contributed by atoms with Crippen LogP contribution in [0.2, 0.25) is 0 Å². The SMILES string of the molecule is COc1cc(S(C)(=O)=O)ccc1-c1ccc([C@H](N(CC#N)[C@@H](CC(C)C)C(N)=O)C(F)(F)F)cc1. The second-order valence-corrected chi connectivity index (χ2v) is 10.6. The van der Waals surface area contributed by atoms with Gasteiger partial charge in [0.15, 0.2) is 9.84 Å². The van der Waals surface area contributed by atoms with Gasteiger partial charge in [0.2, 0.25) is 5.91 Å². The van der Waals surface area contributed by atoms with E-state index >= 15 is 0 Å². The first-order valence-electron chi connectivity index (χ1n) is 10.7. The number of nitriles is 1. The summed E-state index contributed by atoms with van der Waals surface area (Å²) in [7, 11) is -2.12. The van der Waals surface area contributed by atoms with Crippen LogP contribution >= 0.6 is 0 Å². The molecule has 0 heterocycles. The smallest absolute Gasteiger partial charge is 0.408 e. The van der Waals surface area contributed by atoms with Gasteiger partial charge in [0.25, 0.3) is 0 Å². The monoisotopic (exact) mass is 511 g/mol. The van der Waals surface area contributed by atoms with Gasteiger partial charge in [-0.3, -0.25) is 9.69 Å². The average Bonchev–Trinajstić information content (AvgIpc) is 2.75. The Morgan fingerprint density at radius 3 is 2.20 bits per heavy atom. The minimum Gasteiger partial charge on any atom is -0.496 e. The van der Waals surface area contributed by atoms with Crippen molar-refractivity contribution in [3.63, 3.8) is 0 Å². The molecule has 0 aliphatic heterocycles. The molecule has 0 unspecified atom stereocenters. The largest absolute Gasteiger partial charge is 0.496 e. The third-order valence-corrected chi connectivity index (χ3v) is 6.57. The lowest BCUT2D eigenvalue weighted by molar-refractivity contribution is -0.192. The minimum atomic E-state index is -4.79. The van der Waals surface area contributed by atoms with Gasteiger partial charge in [-0.2, -0.15) is 18.4 Å². The predicted molar refractivity (Wildman–Crippen MR) is 125 cm³/mol. The molecule has 0 spiro atoms. The molecular weight excluding hydrogens is 483 g/mol. The van der Waals surface area contributed by atoms with E-state index in [9.17, 15) is 31.6 Å². The molecule has 7 nitrogen and oxygen atoms in total. The number of methoxy groups -OCH3 is 1. The van der Waals surface area contributed by atoms with Gasteiger partial charge in [0, 0.05) is 11.8 Å². The molecule has 0 aliphatic rings. The summed E-state index contributed by atoms with van der Waals surface area (Å²) in [6.45, 7) is 2.85. The maximum Gasteiger partial charge on any atom is 0.408 e. The first-order chi connectivity index (χ1) is 16.2. The van der Waals surface area contributed by atoms with Crippen molar-refractivity contribution in [2.75, 3.05) is 19.9 Å². The molecule has 190 valence electrons. The topological polar surface area (TPSA) is 113 Å². The van der Waals surface area contributed by atoms with E-state index in [2.05, 4.69) is 0 Å². The predicted octanol–water partition coefficient (Wildman–Crippen LogP) is 4.09. The Kier molecular flexibility index (Phi) is 8.92. The second kappa shape index (κ2) is 11.1. The Hall–Kier alpha value is -3.10. The van der Waals surface area contributed by atoms with Crippen molar-refractivity contribution in [2.45, 2.75) is 43.4 Å². The number of nitrogens with zero attached hydrogens (tertiary/aromatic N) is 2. The summed E-state index contributed by atoms with van der Waals surface area (Å²) in [6, 6.07) is 7.85. The summed E-state index contributed by atoms with van der Waals surface area (Å²) < 4.78 is 71.7. The summed E-state index contributed by atoms with van der Waals surface area (Å²) >= 11 is 0. The summed E-state index contributed by atoms with van der Waals surface area (Å²) in [4.78, 5) is 12.9. The van der Waals surface area contributed by atoms with Gasteiger partial charge in [0.05, 0.1) is 30.7 Å². The number of hydrogen-bond acceptors (Lipinski definition) is 6. The van der Waals surface area contributed by atoms with E-state index in [-0.39, 0.29) is 28.5 Å². The first-order valence-corrected chi connectivity index (χ1v) is 12.6. The van der Waals surface area contributed by atoms with Crippen LogP contribution in [0.4, 0.5) is 13.2 Å². The van der Waals surface area contributed by atoms with E-state index in [0.29, 0.717) is 11.1 Å². The molecule has 2 aromatic carbocycles. The van der Waals surface area contributed by atoms with Crippen LogP contribution in [0.3, 0.4) is 0 Å². The van der Waals surface area contributed by atoms with Crippen LogP contribution < -0.4 is 10.5 Å². The minimum absolute atomic E-state index is 0.0432. The van der Waals surface area contributed by atoms with Crippen LogP contribution in [0.15, 0.2) is 47.4 Å².